The summed E-state index contributed by atoms with van der Waals surface area (Å²) in [6.07, 6.45) is -0.998. The molecule has 48 valence electrons. The molecule has 2 N–H and O–H groups in total. The molecular formula is C4H8O2S2. The van der Waals surface area contributed by atoms with E-state index in [0.717, 1.165) is 0 Å². The highest BCUT2D eigenvalue weighted by molar-refractivity contribution is 8.76. The van der Waals surface area contributed by atoms with Crippen LogP contribution >= 0.6 is 21.6 Å². The first kappa shape index (κ1) is 6.74. The van der Waals surface area contributed by atoms with E-state index in [1.165, 1.54) is 0 Å². The molecule has 0 radical (unpaired) electrons. The van der Waals surface area contributed by atoms with Gasteiger partial charge in [-0.25, -0.2) is 0 Å². The van der Waals surface area contributed by atoms with Crippen LogP contribution in [0.2, 0.25) is 0 Å². The topological polar surface area (TPSA) is 40.5 Å². The molecule has 2 atom stereocenters. The quantitative estimate of drug-likeness (QED) is 0.483. The third-order valence-corrected chi connectivity index (χ3v) is 3.44. The summed E-state index contributed by atoms with van der Waals surface area (Å²) in [7, 11) is 3.23. The smallest absolute Gasteiger partial charge is 0.0906 e. The van der Waals surface area contributed by atoms with E-state index in [9.17, 15) is 0 Å². The first-order valence-corrected chi connectivity index (χ1v) is 4.90. The van der Waals surface area contributed by atoms with E-state index in [0.29, 0.717) is 11.5 Å². The molecule has 0 spiro atoms. The molecule has 1 fully saturated rings. The van der Waals surface area contributed by atoms with Crippen LogP contribution in [0.1, 0.15) is 0 Å². The minimum Gasteiger partial charge on any atom is -0.390 e. The molecule has 1 saturated heterocycles. The third kappa shape index (κ3) is 1.55. The van der Waals surface area contributed by atoms with Gasteiger partial charge in [-0.15, -0.1) is 0 Å². The number of hydrogen-bond donors (Lipinski definition) is 2. The van der Waals surface area contributed by atoms with E-state index in [1.54, 1.807) is 21.6 Å². The molecule has 0 aromatic carbocycles. The van der Waals surface area contributed by atoms with Crippen molar-refractivity contribution in [3.05, 3.63) is 0 Å². The fraction of sp³-hybridized carbons (Fsp3) is 1.00. The van der Waals surface area contributed by atoms with Gasteiger partial charge in [-0.3, -0.25) is 0 Å². The zero-order valence-corrected chi connectivity index (χ0v) is 5.91. The van der Waals surface area contributed by atoms with Gasteiger partial charge in [0.1, 0.15) is 0 Å². The van der Waals surface area contributed by atoms with Crippen LogP contribution in [0.5, 0.6) is 0 Å². The van der Waals surface area contributed by atoms with Crippen molar-refractivity contribution >= 4 is 21.6 Å². The van der Waals surface area contributed by atoms with Gasteiger partial charge in [0.2, 0.25) is 0 Å². The molecule has 0 unspecified atom stereocenters. The first-order chi connectivity index (χ1) is 3.80. The first-order valence-electron chi connectivity index (χ1n) is 2.41. The molecule has 4 heteroatoms. The average Bonchev–Trinajstić information content (AvgIpc) is 1.77. The second kappa shape index (κ2) is 2.96. The van der Waals surface area contributed by atoms with Gasteiger partial charge in [0.05, 0.1) is 12.2 Å². The molecular weight excluding hydrogens is 144 g/mol. The number of aliphatic hydroxyl groups is 2. The van der Waals surface area contributed by atoms with Crippen molar-refractivity contribution in [2.45, 2.75) is 12.2 Å². The zero-order valence-electron chi connectivity index (χ0n) is 4.28. The fourth-order valence-corrected chi connectivity index (χ4v) is 2.79. The predicted octanol–water partition coefficient (Wildman–Crippen LogP) is 0.103. The Morgan fingerprint density at radius 3 is 1.62 bits per heavy atom. The van der Waals surface area contributed by atoms with Crippen molar-refractivity contribution in [2.75, 3.05) is 11.5 Å². The van der Waals surface area contributed by atoms with Gasteiger partial charge in [-0.1, -0.05) is 21.6 Å². The molecule has 1 aliphatic heterocycles. The highest BCUT2D eigenvalue weighted by Crippen LogP contribution is 2.29. The summed E-state index contributed by atoms with van der Waals surface area (Å²) in [5, 5.41) is 17.8. The Labute approximate surface area is 56.1 Å². The van der Waals surface area contributed by atoms with Gasteiger partial charge in [-0.2, -0.15) is 0 Å². The molecule has 0 aromatic rings. The number of hydrogen-bond acceptors (Lipinski definition) is 4. The van der Waals surface area contributed by atoms with E-state index < -0.39 is 12.2 Å². The number of rotatable bonds is 0. The normalized spacial score (nSPS) is 39.8. The van der Waals surface area contributed by atoms with E-state index in [4.69, 9.17) is 10.2 Å². The van der Waals surface area contributed by atoms with Crippen molar-refractivity contribution in [3.8, 4) is 0 Å². The summed E-state index contributed by atoms with van der Waals surface area (Å²) in [5.41, 5.74) is 0. The summed E-state index contributed by atoms with van der Waals surface area (Å²) in [4.78, 5) is 0. The lowest BCUT2D eigenvalue weighted by Crippen LogP contribution is -2.32. The summed E-state index contributed by atoms with van der Waals surface area (Å²) in [6, 6.07) is 0. The van der Waals surface area contributed by atoms with Gasteiger partial charge in [0, 0.05) is 11.5 Å². The van der Waals surface area contributed by atoms with Gasteiger partial charge in [0.25, 0.3) is 0 Å². The molecule has 0 amide bonds. The van der Waals surface area contributed by atoms with Crippen LogP contribution in [-0.2, 0) is 0 Å². The lowest BCUT2D eigenvalue weighted by Gasteiger charge is -2.20. The lowest BCUT2D eigenvalue weighted by atomic mass is 10.3. The molecule has 0 saturated carbocycles. The minimum atomic E-state index is -0.499. The highest BCUT2D eigenvalue weighted by Gasteiger charge is 2.20. The summed E-state index contributed by atoms with van der Waals surface area (Å²) in [5.74, 6) is 1.32. The fourth-order valence-electron chi connectivity index (χ4n) is 0.458. The van der Waals surface area contributed by atoms with Gasteiger partial charge in [-0.05, 0) is 0 Å². The van der Waals surface area contributed by atoms with Crippen molar-refractivity contribution in [1.29, 1.82) is 0 Å². The summed E-state index contributed by atoms with van der Waals surface area (Å²) in [6.45, 7) is 0. The van der Waals surface area contributed by atoms with Crippen LogP contribution < -0.4 is 0 Å². The van der Waals surface area contributed by atoms with Crippen LogP contribution in [0.25, 0.3) is 0 Å². The highest BCUT2D eigenvalue weighted by atomic mass is 33.1. The molecule has 0 bridgehead atoms. The standard InChI is InChI=1S/C4H8O2S2/c5-3-1-7-8-2-4(3)6/h3-6H,1-2H2/t3-,4-/m0/s1. The maximum atomic E-state index is 8.89. The Morgan fingerprint density at radius 1 is 1.00 bits per heavy atom. The van der Waals surface area contributed by atoms with E-state index in [2.05, 4.69) is 0 Å². The maximum Gasteiger partial charge on any atom is 0.0906 e. The van der Waals surface area contributed by atoms with Gasteiger partial charge < -0.3 is 10.2 Å². The van der Waals surface area contributed by atoms with Gasteiger partial charge in [0.15, 0.2) is 0 Å². The van der Waals surface area contributed by atoms with E-state index in [1.807, 2.05) is 0 Å². The molecule has 8 heavy (non-hydrogen) atoms. The maximum absolute atomic E-state index is 8.89. The van der Waals surface area contributed by atoms with Crippen molar-refractivity contribution < 1.29 is 10.2 Å². The van der Waals surface area contributed by atoms with Crippen LogP contribution in [0.15, 0.2) is 0 Å². The SMILES string of the molecule is O[C@H]1CSSC[C@@H]1O. The second-order valence-electron chi connectivity index (χ2n) is 1.70. The minimum absolute atomic E-state index is 0.499. The Bertz CT molecular complexity index is 68.4. The van der Waals surface area contributed by atoms with E-state index in [-0.39, 0.29) is 0 Å². The third-order valence-electron chi connectivity index (χ3n) is 1.01. The molecule has 0 aromatic heterocycles. The molecule has 1 heterocycles. The Hall–Kier alpha value is 0.620. The Kier molecular flexibility index (Phi) is 2.49. The van der Waals surface area contributed by atoms with Crippen molar-refractivity contribution in [2.24, 2.45) is 0 Å². The average molecular weight is 152 g/mol. The summed E-state index contributed by atoms with van der Waals surface area (Å²) >= 11 is 0. The van der Waals surface area contributed by atoms with Crippen molar-refractivity contribution in [3.63, 3.8) is 0 Å². The summed E-state index contributed by atoms with van der Waals surface area (Å²) < 4.78 is 0. The van der Waals surface area contributed by atoms with Crippen LogP contribution in [0.3, 0.4) is 0 Å². The number of aliphatic hydroxyl groups excluding tert-OH is 2. The molecule has 2 nitrogen and oxygen atoms in total. The zero-order chi connectivity index (χ0) is 5.98. The van der Waals surface area contributed by atoms with E-state index >= 15 is 0 Å². The Balaban J connectivity index is 2.28. The predicted molar refractivity (Wildman–Crippen MR) is 36.9 cm³/mol. The molecule has 0 aliphatic carbocycles. The van der Waals surface area contributed by atoms with Crippen LogP contribution in [-0.4, -0.2) is 33.9 Å². The van der Waals surface area contributed by atoms with Gasteiger partial charge >= 0.3 is 0 Å². The monoisotopic (exact) mass is 152 g/mol. The Morgan fingerprint density at radius 2 is 1.38 bits per heavy atom. The molecule has 1 rings (SSSR count). The largest absolute Gasteiger partial charge is 0.390 e. The second-order valence-corrected chi connectivity index (χ2v) is 4.26. The van der Waals surface area contributed by atoms with Crippen LogP contribution in [0.4, 0.5) is 0 Å². The molecule has 1 aliphatic rings. The lowest BCUT2D eigenvalue weighted by molar-refractivity contribution is 0.0493. The van der Waals surface area contributed by atoms with Crippen molar-refractivity contribution in [1.82, 2.24) is 0 Å². The van der Waals surface area contributed by atoms with Crippen LogP contribution in [0, 0.1) is 0 Å².